The maximum Gasteiger partial charge on any atom is 0.109 e. The van der Waals surface area contributed by atoms with Gasteiger partial charge in [-0.1, -0.05) is 0 Å². The third kappa shape index (κ3) is 1.75. The summed E-state index contributed by atoms with van der Waals surface area (Å²) in [6.07, 6.45) is 2.57. The number of alkyl halides is 1. The third-order valence-corrected chi connectivity index (χ3v) is 2.35. The summed E-state index contributed by atoms with van der Waals surface area (Å²) >= 11 is 5.69. The Morgan fingerprint density at radius 3 is 2.67 bits per heavy atom. The number of hydrogen-bond acceptors (Lipinski definition) is 1. The van der Waals surface area contributed by atoms with Crippen molar-refractivity contribution < 1.29 is 0 Å². The van der Waals surface area contributed by atoms with Crippen LogP contribution in [0.5, 0.6) is 0 Å². The second kappa shape index (κ2) is 3.67. The molecular formula is C8H12Cl2N2. The van der Waals surface area contributed by atoms with E-state index in [0.717, 1.165) is 17.2 Å². The van der Waals surface area contributed by atoms with Crippen molar-refractivity contribution in [3.05, 3.63) is 17.2 Å². The van der Waals surface area contributed by atoms with Crippen LogP contribution in [0.2, 0.25) is 0 Å². The van der Waals surface area contributed by atoms with Gasteiger partial charge in [0.1, 0.15) is 5.82 Å². The number of aromatic nitrogens is 2. The van der Waals surface area contributed by atoms with Crippen LogP contribution in [0.1, 0.15) is 36.0 Å². The van der Waals surface area contributed by atoms with E-state index in [4.69, 9.17) is 11.6 Å². The summed E-state index contributed by atoms with van der Waals surface area (Å²) < 4.78 is 0. The molecule has 1 aromatic heterocycles. The van der Waals surface area contributed by atoms with Crippen molar-refractivity contribution in [1.29, 1.82) is 0 Å². The molecular weight excluding hydrogens is 195 g/mol. The zero-order chi connectivity index (χ0) is 7.84. The molecule has 1 aromatic rings. The molecule has 68 valence electrons. The van der Waals surface area contributed by atoms with E-state index in [1.807, 2.05) is 6.92 Å². The van der Waals surface area contributed by atoms with Crippen LogP contribution in [0.3, 0.4) is 0 Å². The fourth-order valence-corrected chi connectivity index (χ4v) is 1.46. The van der Waals surface area contributed by atoms with Crippen molar-refractivity contribution >= 4 is 24.0 Å². The van der Waals surface area contributed by atoms with Gasteiger partial charge in [-0.2, -0.15) is 0 Å². The van der Waals surface area contributed by atoms with E-state index >= 15 is 0 Å². The van der Waals surface area contributed by atoms with E-state index in [1.165, 1.54) is 12.8 Å². The minimum Gasteiger partial charge on any atom is -0.346 e. The Kier molecular flexibility index (Phi) is 3.02. The highest BCUT2D eigenvalue weighted by molar-refractivity contribution is 6.16. The normalized spacial score (nSPS) is 15.8. The minimum absolute atomic E-state index is 0. The first-order chi connectivity index (χ1) is 5.31. The highest BCUT2D eigenvalue weighted by Crippen LogP contribution is 2.38. The monoisotopic (exact) mass is 206 g/mol. The Morgan fingerprint density at radius 1 is 1.58 bits per heavy atom. The van der Waals surface area contributed by atoms with Gasteiger partial charge in [-0.25, -0.2) is 4.98 Å². The third-order valence-electron chi connectivity index (χ3n) is 2.09. The van der Waals surface area contributed by atoms with Gasteiger partial charge in [-0.05, 0) is 19.8 Å². The number of aromatic amines is 1. The predicted molar refractivity (Wildman–Crippen MR) is 52.1 cm³/mol. The van der Waals surface area contributed by atoms with Gasteiger partial charge in [-0.15, -0.1) is 24.0 Å². The van der Waals surface area contributed by atoms with E-state index in [2.05, 4.69) is 9.97 Å². The molecule has 0 unspecified atom stereocenters. The molecule has 1 N–H and O–H groups in total. The lowest BCUT2D eigenvalue weighted by atomic mass is 10.4. The van der Waals surface area contributed by atoms with Crippen molar-refractivity contribution in [2.24, 2.45) is 0 Å². The Labute approximate surface area is 83.1 Å². The molecule has 1 saturated carbocycles. The van der Waals surface area contributed by atoms with E-state index in [9.17, 15) is 0 Å². The number of hydrogen-bond donors (Lipinski definition) is 1. The van der Waals surface area contributed by atoms with Gasteiger partial charge in [0.25, 0.3) is 0 Å². The Balaban J connectivity index is 0.000000720. The zero-order valence-electron chi connectivity index (χ0n) is 6.93. The van der Waals surface area contributed by atoms with Gasteiger partial charge in [0, 0.05) is 11.6 Å². The van der Waals surface area contributed by atoms with Crippen molar-refractivity contribution in [1.82, 2.24) is 9.97 Å². The molecule has 12 heavy (non-hydrogen) atoms. The highest BCUT2D eigenvalue weighted by Gasteiger charge is 2.27. The molecule has 0 aromatic carbocycles. The molecule has 0 aliphatic heterocycles. The number of nitrogens with zero attached hydrogens (tertiary/aromatic N) is 1. The molecule has 1 aliphatic rings. The molecule has 2 rings (SSSR count). The van der Waals surface area contributed by atoms with Crippen LogP contribution >= 0.6 is 24.0 Å². The van der Waals surface area contributed by atoms with Gasteiger partial charge >= 0.3 is 0 Å². The van der Waals surface area contributed by atoms with Crippen LogP contribution < -0.4 is 0 Å². The second-order valence-electron chi connectivity index (χ2n) is 3.10. The molecule has 4 heteroatoms. The van der Waals surface area contributed by atoms with E-state index in [0.29, 0.717) is 11.8 Å². The summed E-state index contributed by atoms with van der Waals surface area (Å²) in [6.45, 7) is 2.02. The van der Waals surface area contributed by atoms with E-state index in [-0.39, 0.29) is 12.4 Å². The van der Waals surface area contributed by atoms with Crippen LogP contribution in [0, 0.1) is 6.92 Å². The largest absolute Gasteiger partial charge is 0.346 e. The van der Waals surface area contributed by atoms with Crippen molar-refractivity contribution in [3.63, 3.8) is 0 Å². The average Bonchev–Trinajstić information content (AvgIpc) is 2.76. The van der Waals surface area contributed by atoms with Crippen molar-refractivity contribution in [3.8, 4) is 0 Å². The van der Waals surface area contributed by atoms with E-state index in [1.54, 1.807) is 0 Å². The quantitative estimate of drug-likeness (QED) is 0.742. The van der Waals surface area contributed by atoms with Crippen LogP contribution in [-0.4, -0.2) is 9.97 Å². The molecule has 1 heterocycles. The summed E-state index contributed by atoms with van der Waals surface area (Å²) in [5.74, 6) is 2.36. The summed E-state index contributed by atoms with van der Waals surface area (Å²) in [5, 5.41) is 0. The van der Waals surface area contributed by atoms with Crippen molar-refractivity contribution in [2.75, 3.05) is 0 Å². The van der Waals surface area contributed by atoms with Gasteiger partial charge in [0.05, 0.1) is 11.6 Å². The molecule has 1 fully saturated rings. The van der Waals surface area contributed by atoms with E-state index < -0.39 is 0 Å². The Bertz CT molecular complexity index is 266. The van der Waals surface area contributed by atoms with Crippen molar-refractivity contribution in [2.45, 2.75) is 31.6 Å². The van der Waals surface area contributed by atoms with Gasteiger partial charge in [-0.3, -0.25) is 0 Å². The molecule has 0 saturated heterocycles. The Morgan fingerprint density at radius 2 is 2.25 bits per heavy atom. The lowest BCUT2D eigenvalue weighted by molar-refractivity contribution is 0.962. The molecule has 0 spiro atoms. The van der Waals surface area contributed by atoms with Crippen LogP contribution in [0.15, 0.2) is 0 Å². The average molecular weight is 207 g/mol. The summed E-state index contributed by atoms with van der Waals surface area (Å²) in [7, 11) is 0. The lowest BCUT2D eigenvalue weighted by Crippen LogP contribution is -1.81. The fraction of sp³-hybridized carbons (Fsp3) is 0.625. The second-order valence-corrected chi connectivity index (χ2v) is 3.37. The predicted octanol–water partition coefficient (Wildman–Crippen LogP) is 2.76. The lowest BCUT2D eigenvalue weighted by Gasteiger charge is -1.84. The number of imidazole rings is 1. The maximum absolute atomic E-state index is 5.69. The van der Waals surface area contributed by atoms with Crippen LogP contribution in [0.25, 0.3) is 0 Å². The van der Waals surface area contributed by atoms with Crippen LogP contribution in [-0.2, 0) is 5.88 Å². The molecule has 0 radical (unpaired) electrons. The maximum atomic E-state index is 5.69. The Hall–Kier alpha value is -0.210. The summed E-state index contributed by atoms with van der Waals surface area (Å²) in [6, 6.07) is 0. The highest BCUT2D eigenvalue weighted by atomic mass is 35.5. The van der Waals surface area contributed by atoms with Gasteiger partial charge < -0.3 is 4.98 Å². The number of aryl methyl sites for hydroxylation is 1. The fourth-order valence-electron chi connectivity index (χ4n) is 1.20. The number of halogens is 2. The number of rotatable bonds is 2. The SMILES string of the molecule is Cc1[nH]c(C2CC2)nc1CCl.Cl. The van der Waals surface area contributed by atoms with Gasteiger partial charge in [0.2, 0.25) is 0 Å². The molecule has 0 atom stereocenters. The first-order valence-corrected chi connectivity index (χ1v) is 4.46. The number of nitrogens with one attached hydrogen (secondary N) is 1. The standard InChI is InChI=1S/C8H11ClN2.ClH/c1-5-7(4-9)11-8(10-5)6-2-3-6;/h6H,2-4H2,1H3,(H,10,11);1H. The molecule has 1 aliphatic carbocycles. The summed E-state index contributed by atoms with van der Waals surface area (Å²) in [4.78, 5) is 7.66. The smallest absolute Gasteiger partial charge is 0.109 e. The first-order valence-electron chi connectivity index (χ1n) is 3.92. The minimum atomic E-state index is 0. The summed E-state index contributed by atoms with van der Waals surface area (Å²) in [5.41, 5.74) is 2.13. The topological polar surface area (TPSA) is 28.7 Å². The zero-order valence-corrected chi connectivity index (χ0v) is 8.50. The van der Waals surface area contributed by atoms with Crippen LogP contribution in [0.4, 0.5) is 0 Å². The molecule has 0 bridgehead atoms. The molecule has 0 amide bonds. The first kappa shape index (κ1) is 9.87. The van der Waals surface area contributed by atoms with Gasteiger partial charge in [0.15, 0.2) is 0 Å². The molecule has 2 nitrogen and oxygen atoms in total. The number of H-pyrrole nitrogens is 1.